The van der Waals surface area contributed by atoms with Crippen LogP contribution in [0.2, 0.25) is 0 Å². The van der Waals surface area contributed by atoms with E-state index in [9.17, 15) is 10.0 Å². The standard InChI is InChI=1S/C16H17BO3/c1-4-5-8-12-11(2)16(20-3)15(17(18)19)14-10-7-6-9-13(12)14/h4-10,18-19H,1H2,2-3H3/b8-5-. The van der Waals surface area contributed by atoms with E-state index in [1.165, 1.54) is 7.11 Å². The van der Waals surface area contributed by atoms with Gasteiger partial charge in [-0.1, -0.05) is 49.1 Å². The van der Waals surface area contributed by atoms with Crippen molar-refractivity contribution in [1.82, 2.24) is 0 Å². The van der Waals surface area contributed by atoms with Crippen LogP contribution in [-0.4, -0.2) is 24.3 Å². The zero-order valence-corrected chi connectivity index (χ0v) is 11.6. The lowest BCUT2D eigenvalue weighted by molar-refractivity contribution is 0.402. The Morgan fingerprint density at radius 3 is 2.40 bits per heavy atom. The lowest BCUT2D eigenvalue weighted by Crippen LogP contribution is -2.32. The van der Waals surface area contributed by atoms with Crippen molar-refractivity contribution in [3.63, 3.8) is 0 Å². The zero-order chi connectivity index (χ0) is 14.7. The van der Waals surface area contributed by atoms with Gasteiger partial charge in [-0.05, 0) is 28.8 Å². The third-order valence-corrected chi connectivity index (χ3v) is 3.36. The minimum Gasteiger partial charge on any atom is -0.497 e. The summed E-state index contributed by atoms with van der Waals surface area (Å²) < 4.78 is 5.39. The van der Waals surface area contributed by atoms with Gasteiger partial charge in [-0.15, -0.1) is 0 Å². The number of hydrogen-bond donors (Lipinski definition) is 2. The van der Waals surface area contributed by atoms with Crippen molar-refractivity contribution in [1.29, 1.82) is 0 Å². The van der Waals surface area contributed by atoms with Gasteiger partial charge >= 0.3 is 7.12 Å². The maximum Gasteiger partial charge on any atom is 0.492 e. The van der Waals surface area contributed by atoms with E-state index in [0.29, 0.717) is 11.2 Å². The third kappa shape index (κ3) is 2.35. The monoisotopic (exact) mass is 268 g/mol. The lowest BCUT2D eigenvalue weighted by Gasteiger charge is -2.17. The first kappa shape index (κ1) is 14.4. The predicted molar refractivity (Wildman–Crippen MR) is 84.3 cm³/mol. The predicted octanol–water partition coefficient (Wildman–Crippen LogP) is 2.04. The van der Waals surface area contributed by atoms with E-state index in [0.717, 1.165) is 21.9 Å². The van der Waals surface area contributed by atoms with E-state index in [1.54, 1.807) is 6.08 Å². The normalized spacial score (nSPS) is 11.0. The summed E-state index contributed by atoms with van der Waals surface area (Å²) in [6.07, 6.45) is 5.50. The highest BCUT2D eigenvalue weighted by atomic mass is 16.5. The largest absolute Gasteiger partial charge is 0.497 e. The first-order chi connectivity index (χ1) is 9.61. The molecule has 2 aromatic rings. The van der Waals surface area contributed by atoms with Gasteiger partial charge in [-0.2, -0.15) is 0 Å². The Morgan fingerprint density at radius 2 is 1.85 bits per heavy atom. The third-order valence-electron chi connectivity index (χ3n) is 3.36. The van der Waals surface area contributed by atoms with E-state index in [-0.39, 0.29) is 0 Å². The summed E-state index contributed by atoms with van der Waals surface area (Å²) >= 11 is 0. The molecule has 0 amide bonds. The highest BCUT2D eigenvalue weighted by molar-refractivity contribution is 6.63. The molecule has 2 N–H and O–H groups in total. The van der Waals surface area contributed by atoms with Crippen LogP contribution in [0.25, 0.3) is 16.8 Å². The van der Waals surface area contributed by atoms with Crippen LogP contribution in [0.5, 0.6) is 5.75 Å². The molecule has 102 valence electrons. The minimum absolute atomic E-state index is 0.399. The number of methoxy groups -OCH3 is 1. The minimum atomic E-state index is -1.58. The second kappa shape index (κ2) is 5.95. The molecule has 0 aliphatic rings. The summed E-state index contributed by atoms with van der Waals surface area (Å²) in [6, 6.07) is 7.60. The molecule has 0 atom stereocenters. The Bertz CT molecular complexity index is 675. The summed E-state index contributed by atoms with van der Waals surface area (Å²) in [5.41, 5.74) is 2.26. The van der Waals surface area contributed by atoms with Crippen LogP contribution in [0.4, 0.5) is 0 Å². The van der Waals surface area contributed by atoms with Crippen LogP contribution < -0.4 is 10.2 Å². The van der Waals surface area contributed by atoms with Crippen LogP contribution in [0.1, 0.15) is 11.1 Å². The molecule has 2 rings (SSSR count). The Morgan fingerprint density at radius 1 is 1.20 bits per heavy atom. The summed E-state index contributed by atoms with van der Waals surface area (Å²) in [4.78, 5) is 0. The summed E-state index contributed by atoms with van der Waals surface area (Å²) in [5, 5.41) is 21.1. The van der Waals surface area contributed by atoms with E-state index in [4.69, 9.17) is 4.74 Å². The molecule has 0 heterocycles. The van der Waals surface area contributed by atoms with Gasteiger partial charge in [0.1, 0.15) is 5.75 Å². The number of allylic oxidation sites excluding steroid dienone is 2. The number of benzene rings is 2. The molecular weight excluding hydrogens is 251 g/mol. The Kier molecular flexibility index (Phi) is 4.27. The van der Waals surface area contributed by atoms with E-state index in [1.807, 2.05) is 43.3 Å². The number of ether oxygens (including phenoxy) is 1. The number of hydrogen-bond acceptors (Lipinski definition) is 3. The molecule has 0 fully saturated rings. The maximum atomic E-state index is 9.67. The fourth-order valence-electron chi connectivity index (χ4n) is 2.50. The smallest absolute Gasteiger partial charge is 0.492 e. The van der Waals surface area contributed by atoms with Gasteiger partial charge in [0.25, 0.3) is 0 Å². The van der Waals surface area contributed by atoms with E-state index in [2.05, 4.69) is 6.58 Å². The Labute approximate surface area is 119 Å². The SMILES string of the molecule is C=C/C=C\c1c(C)c(OC)c(B(O)O)c2ccccc12. The van der Waals surface area contributed by atoms with Crippen molar-refractivity contribution in [2.45, 2.75) is 6.92 Å². The first-order valence-electron chi connectivity index (χ1n) is 6.36. The maximum absolute atomic E-state index is 9.67. The summed E-state index contributed by atoms with van der Waals surface area (Å²) in [5.74, 6) is 0.502. The van der Waals surface area contributed by atoms with Crippen LogP contribution in [0.15, 0.2) is 43.0 Å². The molecule has 0 radical (unpaired) electrons. The second-order valence-electron chi connectivity index (χ2n) is 4.50. The van der Waals surface area contributed by atoms with Crippen LogP contribution in [-0.2, 0) is 0 Å². The van der Waals surface area contributed by atoms with Crippen molar-refractivity contribution in [2.75, 3.05) is 7.11 Å². The van der Waals surface area contributed by atoms with Crippen LogP contribution >= 0.6 is 0 Å². The van der Waals surface area contributed by atoms with Gasteiger partial charge < -0.3 is 14.8 Å². The van der Waals surface area contributed by atoms with Gasteiger partial charge in [0.15, 0.2) is 0 Å². The molecule has 0 aliphatic heterocycles. The molecule has 0 spiro atoms. The molecule has 0 saturated carbocycles. The van der Waals surface area contributed by atoms with Gasteiger partial charge in [0, 0.05) is 5.46 Å². The first-order valence-corrected chi connectivity index (χ1v) is 6.36. The number of fused-ring (bicyclic) bond motifs is 1. The summed E-state index contributed by atoms with van der Waals surface area (Å²) in [7, 11) is -0.0461. The van der Waals surface area contributed by atoms with Crippen molar-refractivity contribution < 1.29 is 14.8 Å². The molecule has 3 nitrogen and oxygen atoms in total. The Hall–Kier alpha value is -2.04. The molecule has 20 heavy (non-hydrogen) atoms. The van der Waals surface area contributed by atoms with Crippen molar-refractivity contribution >= 4 is 29.4 Å². The van der Waals surface area contributed by atoms with Crippen molar-refractivity contribution in [3.05, 3.63) is 54.1 Å². The molecule has 0 unspecified atom stereocenters. The van der Waals surface area contributed by atoms with Gasteiger partial charge in [-0.25, -0.2) is 0 Å². The van der Waals surface area contributed by atoms with Gasteiger partial charge in [0.2, 0.25) is 0 Å². The molecule has 0 aliphatic carbocycles. The highest BCUT2D eigenvalue weighted by Gasteiger charge is 2.24. The molecule has 0 bridgehead atoms. The Balaban J connectivity index is 2.94. The molecule has 0 saturated heterocycles. The average Bonchev–Trinajstić information content (AvgIpc) is 2.45. The van der Waals surface area contributed by atoms with Gasteiger partial charge in [-0.3, -0.25) is 0 Å². The van der Waals surface area contributed by atoms with E-state index < -0.39 is 7.12 Å². The lowest BCUT2D eigenvalue weighted by atomic mass is 9.74. The fourth-order valence-corrected chi connectivity index (χ4v) is 2.50. The molecule has 2 aromatic carbocycles. The van der Waals surface area contributed by atoms with E-state index >= 15 is 0 Å². The van der Waals surface area contributed by atoms with Crippen molar-refractivity contribution in [2.24, 2.45) is 0 Å². The van der Waals surface area contributed by atoms with Crippen LogP contribution in [0, 0.1) is 6.92 Å². The number of rotatable bonds is 4. The second-order valence-corrected chi connectivity index (χ2v) is 4.50. The molecular formula is C16H17BO3. The average molecular weight is 268 g/mol. The van der Waals surface area contributed by atoms with Crippen molar-refractivity contribution in [3.8, 4) is 5.75 Å². The summed E-state index contributed by atoms with van der Waals surface area (Å²) in [6.45, 7) is 5.58. The molecule has 0 aromatic heterocycles. The quantitative estimate of drug-likeness (QED) is 0.659. The highest BCUT2D eigenvalue weighted by Crippen LogP contribution is 2.30. The molecule has 4 heteroatoms. The zero-order valence-electron chi connectivity index (χ0n) is 11.6. The topological polar surface area (TPSA) is 49.7 Å². The van der Waals surface area contributed by atoms with Crippen LogP contribution in [0.3, 0.4) is 0 Å². The van der Waals surface area contributed by atoms with Gasteiger partial charge in [0.05, 0.1) is 7.11 Å². The fraction of sp³-hybridized carbons (Fsp3) is 0.125.